The lowest BCUT2D eigenvalue weighted by atomic mass is 9.84. The largest absolute Gasteiger partial charge is 0.380 e. The zero-order valence-electron chi connectivity index (χ0n) is 10.1. The average molecular weight is 199 g/mol. The van der Waals surface area contributed by atoms with Gasteiger partial charge in [-0.1, -0.05) is 27.7 Å². The van der Waals surface area contributed by atoms with E-state index in [1.807, 2.05) is 0 Å². The van der Waals surface area contributed by atoms with Crippen LogP contribution in [0.1, 0.15) is 40.5 Å². The first-order valence-electron chi connectivity index (χ1n) is 5.81. The minimum atomic E-state index is 0.413. The molecule has 1 atom stereocenters. The van der Waals surface area contributed by atoms with Crippen molar-refractivity contribution in [3.63, 3.8) is 0 Å². The molecule has 0 radical (unpaired) electrons. The zero-order valence-corrected chi connectivity index (χ0v) is 10.1. The van der Waals surface area contributed by atoms with Gasteiger partial charge in [-0.25, -0.2) is 0 Å². The Balaban J connectivity index is 2.20. The molecule has 1 aliphatic heterocycles. The van der Waals surface area contributed by atoms with Crippen LogP contribution in [-0.2, 0) is 4.74 Å². The summed E-state index contributed by atoms with van der Waals surface area (Å²) in [5.41, 5.74) is 0.413. The molecule has 2 nitrogen and oxygen atoms in total. The van der Waals surface area contributed by atoms with E-state index in [4.69, 9.17) is 4.74 Å². The van der Waals surface area contributed by atoms with Crippen molar-refractivity contribution in [3.05, 3.63) is 0 Å². The summed E-state index contributed by atoms with van der Waals surface area (Å²) >= 11 is 0. The normalized spacial score (nSPS) is 23.4. The lowest BCUT2D eigenvalue weighted by Crippen LogP contribution is -2.37. The predicted molar refractivity (Wildman–Crippen MR) is 60.5 cm³/mol. The first kappa shape index (κ1) is 12.0. The summed E-state index contributed by atoms with van der Waals surface area (Å²) in [6.07, 6.45) is 2.46. The fraction of sp³-hybridized carbons (Fsp3) is 1.00. The maximum absolute atomic E-state index is 5.34. The Labute approximate surface area is 88.4 Å². The minimum absolute atomic E-state index is 0.413. The number of nitrogens with one attached hydrogen (secondary N) is 1. The summed E-state index contributed by atoms with van der Waals surface area (Å²) < 4.78 is 5.34. The Morgan fingerprint density at radius 3 is 2.64 bits per heavy atom. The fourth-order valence-corrected chi connectivity index (χ4v) is 2.29. The summed E-state index contributed by atoms with van der Waals surface area (Å²) in [6, 6.07) is 0.599. The van der Waals surface area contributed by atoms with Gasteiger partial charge in [-0.2, -0.15) is 0 Å². The highest BCUT2D eigenvalue weighted by atomic mass is 16.5. The van der Waals surface area contributed by atoms with Gasteiger partial charge in [0, 0.05) is 19.2 Å². The maximum atomic E-state index is 5.34. The lowest BCUT2D eigenvalue weighted by molar-refractivity contribution is 0.185. The summed E-state index contributed by atoms with van der Waals surface area (Å²) in [5, 5.41) is 3.60. The standard InChI is InChI=1S/C12H25NO/c1-10(2)7-12(3,4)9-13-11-5-6-14-8-11/h10-11,13H,5-9H2,1-4H3. The monoisotopic (exact) mass is 199 g/mol. The van der Waals surface area contributed by atoms with Gasteiger partial charge in [-0.3, -0.25) is 0 Å². The Hall–Kier alpha value is -0.0800. The van der Waals surface area contributed by atoms with E-state index in [0.29, 0.717) is 11.5 Å². The highest BCUT2D eigenvalue weighted by Crippen LogP contribution is 2.24. The molecule has 0 aromatic carbocycles. The van der Waals surface area contributed by atoms with Crippen LogP contribution in [0.3, 0.4) is 0 Å². The lowest BCUT2D eigenvalue weighted by Gasteiger charge is -2.28. The van der Waals surface area contributed by atoms with E-state index in [1.165, 1.54) is 12.8 Å². The van der Waals surface area contributed by atoms with Crippen LogP contribution in [0.15, 0.2) is 0 Å². The van der Waals surface area contributed by atoms with Crippen molar-refractivity contribution in [1.29, 1.82) is 0 Å². The molecule has 0 bridgehead atoms. The van der Waals surface area contributed by atoms with Crippen LogP contribution in [0.25, 0.3) is 0 Å². The molecule has 2 heteroatoms. The highest BCUT2D eigenvalue weighted by Gasteiger charge is 2.22. The Morgan fingerprint density at radius 2 is 2.14 bits per heavy atom. The SMILES string of the molecule is CC(C)CC(C)(C)CNC1CCOC1. The van der Waals surface area contributed by atoms with Gasteiger partial charge in [-0.05, 0) is 24.2 Å². The number of hydrogen-bond acceptors (Lipinski definition) is 2. The van der Waals surface area contributed by atoms with Gasteiger partial charge in [0.05, 0.1) is 6.61 Å². The molecular weight excluding hydrogens is 174 g/mol. The molecule has 84 valence electrons. The van der Waals surface area contributed by atoms with Crippen LogP contribution in [0.2, 0.25) is 0 Å². The van der Waals surface area contributed by atoms with Crippen molar-refractivity contribution in [2.75, 3.05) is 19.8 Å². The highest BCUT2D eigenvalue weighted by molar-refractivity contribution is 4.78. The molecule has 0 aromatic heterocycles. The van der Waals surface area contributed by atoms with E-state index in [2.05, 4.69) is 33.0 Å². The number of ether oxygens (including phenoxy) is 1. The molecule has 0 aromatic rings. The van der Waals surface area contributed by atoms with Crippen molar-refractivity contribution in [1.82, 2.24) is 5.32 Å². The Kier molecular flexibility index (Phi) is 4.39. The summed E-state index contributed by atoms with van der Waals surface area (Å²) in [6.45, 7) is 12.2. The molecule has 1 aliphatic rings. The van der Waals surface area contributed by atoms with E-state index >= 15 is 0 Å². The van der Waals surface area contributed by atoms with Crippen LogP contribution in [0.4, 0.5) is 0 Å². The van der Waals surface area contributed by atoms with Crippen LogP contribution < -0.4 is 5.32 Å². The third kappa shape index (κ3) is 4.43. The minimum Gasteiger partial charge on any atom is -0.380 e. The fourth-order valence-electron chi connectivity index (χ4n) is 2.29. The van der Waals surface area contributed by atoms with E-state index < -0.39 is 0 Å². The van der Waals surface area contributed by atoms with Crippen LogP contribution in [0, 0.1) is 11.3 Å². The van der Waals surface area contributed by atoms with Gasteiger partial charge in [0.1, 0.15) is 0 Å². The quantitative estimate of drug-likeness (QED) is 0.734. The smallest absolute Gasteiger partial charge is 0.0620 e. The van der Waals surface area contributed by atoms with E-state index in [-0.39, 0.29) is 0 Å². The van der Waals surface area contributed by atoms with E-state index in [9.17, 15) is 0 Å². The second-order valence-corrected chi connectivity index (χ2v) is 5.70. The topological polar surface area (TPSA) is 21.3 Å². The first-order chi connectivity index (χ1) is 6.49. The van der Waals surface area contributed by atoms with Gasteiger partial charge < -0.3 is 10.1 Å². The molecular formula is C12H25NO. The third-order valence-electron chi connectivity index (χ3n) is 2.76. The summed E-state index contributed by atoms with van der Waals surface area (Å²) in [5.74, 6) is 0.784. The molecule has 0 amide bonds. The van der Waals surface area contributed by atoms with Gasteiger partial charge >= 0.3 is 0 Å². The van der Waals surface area contributed by atoms with Crippen molar-refractivity contribution < 1.29 is 4.74 Å². The molecule has 0 aliphatic carbocycles. The zero-order chi connectivity index (χ0) is 10.6. The Morgan fingerprint density at radius 1 is 1.43 bits per heavy atom. The molecule has 0 spiro atoms. The van der Waals surface area contributed by atoms with Crippen LogP contribution in [-0.4, -0.2) is 25.8 Å². The number of hydrogen-bond donors (Lipinski definition) is 1. The van der Waals surface area contributed by atoms with Crippen molar-refractivity contribution in [3.8, 4) is 0 Å². The summed E-state index contributed by atoms with van der Waals surface area (Å²) in [7, 11) is 0. The van der Waals surface area contributed by atoms with E-state index in [1.54, 1.807) is 0 Å². The molecule has 1 saturated heterocycles. The van der Waals surface area contributed by atoms with Gasteiger partial charge in [-0.15, -0.1) is 0 Å². The summed E-state index contributed by atoms with van der Waals surface area (Å²) in [4.78, 5) is 0. The van der Waals surface area contributed by atoms with Crippen molar-refractivity contribution >= 4 is 0 Å². The second-order valence-electron chi connectivity index (χ2n) is 5.70. The number of rotatable bonds is 5. The molecule has 1 unspecified atom stereocenters. The maximum Gasteiger partial charge on any atom is 0.0620 e. The molecule has 1 heterocycles. The first-order valence-corrected chi connectivity index (χ1v) is 5.81. The van der Waals surface area contributed by atoms with Crippen molar-refractivity contribution in [2.24, 2.45) is 11.3 Å². The van der Waals surface area contributed by atoms with Crippen LogP contribution >= 0.6 is 0 Å². The molecule has 0 saturated carbocycles. The molecule has 1 rings (SSSR count). The van der Waals surface area contributed by atoms with Gasteiger partial charge in [0.2, 0.25) is 0 Å². The van der Waals surface area contributed by atoms with Crippen LogP contribution in [0.5, 0.6) is 0 Å². The third-order valence-corrected chi connectivity index (χ3v) is 2.76. The van der Waals surface area contributed by atoms with E-state index in [0.717, 1.165) is 25.7 Å². The van der Waals surface area contributed by atoms with Gasteiger partial charge in [0.15, 0.2) is 0 Å². The second kappa shape index (κ2) is 5.13. The van der Waals surface area contributed by atoms with Gasteiger partial charge in [0.25, 0.3) is 0 Å². The average Bonchev–Trinajstić information content (AvgIpc) is 2.50. The molecule has 1 fully saturated rings. The Bertz CT molecular complexity index is 160. The predicted octanol–water partition coefficient (Wildman–Crippen LogP) is 2.44. The molecule has 14 heavy (non-hydrogen) atoms. The van der Waals surface area contributed by atoms with Crippen molar-refractivity contribution in [2.45, 2.75) is 46.6 Å². The molecule has 1 N–H and O–H groups in total.